The molecular weight excluding hydrogens is 328 g/mol. The number of aryl methyl sites for hydroxylation is 1. The highest BCUT2D eigenvalue weighted by atomic mass is 16.1. The predicted octanol–water partition coefficient (Wildman–Crippen LogP) is 2.15. The minimum atomic E-state index is -0.104. The van der Waals surface area contributed by atoms with Crippen LogP contribution in [0, 0.1) is 6.92 Å². The molecule has 1 aromatic heterocycles. The van der Waals surface area contributed by atoms with Gasteiger partial charge in [0.1, 0.15) is 0 Å². The van der Waals surface area contributed by atoms with Gasteiger partial charge in [0.15, 0.2) is 0 Å². The van der Waals surface area contributed by atoms with Gasteiger partial charge >= 0.3 is 0 Å². The van der Waals surface area contributed by atoms with Crippen LogP contribution in [0.15, 0.2) is 53.3 Å². The second-order valence-electron chi connectivity index (χ2n) is 6.37. The molecule has 0 unspecified atom stereocenters. The largest absolute Gasteiger partial charge is 0.355 e. The summed E-state index contributed by atoms with van der Waals surface area (Å²) in [5.41, 5.74) is 2.43. The maximum absolute atomic E-state index is 12.7. The van der Waals surface area contributed by atoms with Gasteiger partial charge in [0.05, 0.1) is 17.7 Å². The number of hydrogen-bond acceptors (Lipinski definition) is 4. The van der Waals surface area contributed by atoms with Gasteiger partial charge in [0, 0.05) is 24.5 Å². The number of fused-ring (bicyclic) bond motifs is 1. The highest BCUT2D eigenvalue weighted by Gasteiger charge is 2.10. The van der Waals surface area contributed by atoms with E-state index in [0.29, 0.717) is 24.2 Å². The van der Waals surface area contributed by atoms with Gasteiger partial charge in [-0.25, -0.2) is 4.68 Å². The third-order valence-electron chi connectivity index (χ3n) is 4.32. The molecular formula is C20H22N4O2. The summed E-state index contributed by atoms with van der Waals surface area (Å²) < 4.78 is 1.50. The van der Waals surface area contributed by atoms with Crippen molar-refractivity contribution in [3.05, 3.63) is 75.7 Å². The van der Waals surface area contributed by atoms with Crippen molar-refractivity contribution < 1.29 is 4.79 Å². The van der Waals surface area contributed by atoms with Crippen LogP contribution in [0.25, 0.3) is 10.8 Å². The Balaban J connectivity index is 1.77. The van der Waals surface area contributed by atoms with E-state index in [0.717, 1.165) is 16.6 Å². The van der Waals surface area contributed by atoms with Crippen molar-refractivity contribution in [2.24, 2.45) is 0 Å². The predicted molar refractivity (Wildman–Crippen MR) is 102 cm³/mol. The van der Waals surface area contributed by atoms with Crippen LogP contribution in [0.3, 0.4) is 0 Å². The number of rotatable bonds is 5. The van der Waals surface area contributed by atoms with Gasteiger partial charge in [-0.05, 0) is 37.7 Å². The summed E-state index contributed by atoms with van der Waals surface area (Å²) in [4.78, 5) is 26.3. The number of nitrogens with zero attached hydrogens (tertiary/aromatic N) is 3. The van der Waals surface area contributed by atoms with Crippen molar-refractivity contribution in [3.8, 4) is 0 Å². The Morgan fingerprint density at radius 3 is 2.42 bits per heavy atom. The first-order valence-corrected chi connectivity index (χ1v) is 8.45. The van der Waals surface area contributed by atoms with Gasteiger partial charge in [-0.3, -0.25) is 14.5 Å². The molecule has 0 fully saturated rings. The molecule has 6 nitrogen and oxygen atoms in total. The van der Waals surface area contributed by atoms with E-state index < -0.39 is 0 Å². The second-order valence-corrected chi connectivity index (χ2v) is 6.37. The van der Waals surface area contributed by atoms with Crippen LogP contribution in [0.1, 0.15) is 21.6 Å². The van der Waals surface area contributed by atoms with Gasteiger partial charge in [-0.15, -0.1) is 0 Å². The molecule has 26 heavy (non-hydrogen) atoms. The number of benzene rings is 2. The molecule has 0 radical (unpaired) electrons. The highest BCUT2D eigenvalue weighted by Crippen LogP contribution is 2.12. The van der Waals surface area contributed by atoms with Crippen LogP contribution >= 0.6 is 0 Å². The maximum atomic E-state index is 12.7. The molecule has 3 aromatic rings. The smallest absolute Gasteiger partial charge is 0.275 e. The topological polar surface area (TPSA) is 67.2 Å². The standard InChI is InChI=1S/C20H22N4O2/c1-14-17-6-4-5-7-18(17)20(26)24(22-14)13-23(3)12-15-8-10-16(11-9-15)19(25)21-2/h4-11H,12-13H2,1-3H3,(H,21,25). The Labute approximate surface area is 152 Å². The Hall–Kier alpha value is -2.99. The van der Waals surface area contributed by atoms with E-state index in [1.165, 1.54) is 4.68 Å². The minimum absolute atomic E-state index is 0.0898. The van der Waals surface area contributed by atoms with E-state index >= 15 is 0 Å². The molecule has 1 N–H and O–H groups in total. The molecule has 0 aliphatic rings. The fourth-order valence-electron chi connectivity index (χ4n) is 3.00. The van der Waals surface area contributed by atoms with Gasteiger partial charge < -0.3 is 5.32 Å². The van der Waals surface area contributed by atoms with Crippen molar-refractivity contribution in [2.45, 2.75) is 20.1 Å². The average Bonchev–Trinajstić information content (AvgIpc) is 2.66. The normalized spacial score (nSPS) is 11.1. The SMILES string of the molecule is CNC(=O)c1ccc(CN(C)Cn2nc(C)c3ccccc3c2=O)cc1. The number of aromatic nitrogens is 2. The lowest BCUT2D eigenvalue weighted by Gasteiger charge is -2.18. The minimum Gasteiger partial charge on any atom is -0.355 e. The van der Waals surface area contributed by atoms with Crippen LogP contribution < -0.4 is 10.9 Å². The average molecular weight is 350 g/mol. The molecule has 0 saturated carbocycles. The second kappa shape index (κ2) is 7.49. The number of hydrogen-bond donors (Lipinski definition) is 1. The van der Waals surface area contributed by atoms with Crippen molar-refractivity contribution in [1.82, 2.24) is 20.0 Å². The monoisotopic (exact) mass is 350 g/mol. The summed E-state index contributed by atoms with van der Waals surface area (Å²) in [5, 5.41) is 8.62. The Bertz CT molecular complexity index is 993. The molecule has 134 valence electrons. The molecule has 1 heterocycles. The zero-order valence-electron chi connectivity index (χ0n) is 15.2. The molecule has 0 saturated heterocycles. The number of carbonyl (C=O) groups is 1. The molecule has 6 heteroatoms. The summed E-state index contributed by atoms with van der Waals surface area (Å²) in [7, 11) is 3.55. The van der Waals surface area contributed by atoms with Crippen LogP contribution in [0.2, 0.25) is 0 Å². The summed E-state index contributed by atoms with van der Waals surface area (Å²) in [6, 6.07) is 15.0. The fraction of sp³-hybridized carbons (Fsp3) is 0.250. The number of carbonyl (C=O) groups excluding carboxylic acids is 1. The van der Waals surface area contributed by atoms with Crippen LogP contribution in [-0.4, -0.2) is 34.7 Å². The zero-order chi connectivity index (χ0) is 18.7. The summed E-state index contributed by atoms with van der Waals surface area (Å²) in [5.74, 6) is -0.104. The van der Waals surface area contributed by atoms with E-state index in [4.69, 9.17) is 0 Å². The number of nitrogens with one attached hydrogen (secondary N) is 1. The summed E-state index contributed by atoms with van der Waals surface area (Å²) in [6.07, 6.45) is 0. The van der Waals surface area contributed by atoms with Crippen molar-refractivity contribution in [3.63, 3.8) is 0 Å². The van der Waals surface area contributed by atoms with Crippen molar-refractivity contribution >= 4 is 16.7 Å². The van der Waals surface area contributed by atoms with E-state index in [9.17, 15) is 9.59 Å². The third-order valence-corrected chi connectivity index (χ3v) is 4.32. The molecule has 0 bridgehead atoms. The lowest BCUT2D eigenvalue weighted by Crippen LogP contribution is -2.32. The van der Waals surface area contributed by atoms with E-state index in [1.54, 1.807) is 19.2 Å². The van der Waals surface area contributed by atoms with Gasteiger partial charge in [0.2, 0.25) is 0 Å². The van der Waals surface area contributed by atoms with Crippen molar-refractivity contribution in [2.75, 3.05) is 14.1 Å². The van der Waals surface area contributed by atoms with E-state index in [1.807, 2.05) is 55.3 Å². The van der Waals surface area contributed by atoms with E-state index in [-0.39, 0.29) is 11.5 Å². The Kier molecular flexibility index (Phi) is 5.14. The highest BCUT2D eigenvalue weighted by molar-refractivity contribution is 5.93. The van der Waals surface area contributed by atoms with Crippen molar-refractivity contribution in [1.29, 1.82) is 0 Å². The molecule has 0 aliphatic carbocycles. The first-order valence-electron chi connectivity index (χ1n) is 8.45. The lowest BCUT2D eigenvalue weighted by molar-refractivity contribution is 0.0963. The molecule has 0 aliphatic heterocycles. The molecule has 3 rings (SSSR count). The van der Waals surface area contributed by atoms with Crippen LogP contribution in [-0.2, 0) is 13.2 Å². The fourth-order valence-corrected chi connectivity index (χ4v) is 3.00. The van der Waals surface area contributed by atoms with Gasteiger partial charge in [-0.1, -0.05) is 30.3 Å². The van der Waals surface area contributed by atoms with Gasteiger partial charge in [-0.2, -0.15) is 5.10 Å². The summed E-state index contributed by atoms with van der Waals surface area (Å²) >= 11 is 0. The third kappa shape index (κ3) is 3.65. The van der Waals surface area contributed by atoms with Gasteiger partial charge in [0.25, 0.3) is 11.5 Å². The van der Waals surface area contributed by atoms with Crippen LogP contribution in [0.4, 0.5) is 0 Å². The zero-order valence-corrected chi connectivity index (χ0v) is 15.2. The molecule has 0 atom stereocenters. The maximum Gasteiger partial charge on any atom is 0.275 e. The first-order chi connectivity index (χ1) is 12.5. The molecule has 2 aromatic carbocycles. The molecule has 1 amide bonds. The lowest BCUT2D eigenvalue weighted by atomic mass is 10.1. The Morgan fingerprint density at radius 2 is 1.77 bits per heavy atom. The van der Waals surface area contributed by atoms with E-state index in [2.05, 4.69) is 10.4 Å². The first kappa shape index (κ1) is 17.8. The molecule has 0 spiro atoms. The van der Waals surface area contributed by atoms with Crippen LogP contribution in [0.5, 0.6) is 0 Å². The quantitative estimate of drug-likeness (QED) is 0.766. The number of amides is 1. The summed E-state index contributed by atoms with van der Waals surface area (Å²) in [6.45, 7) is 2.95. The Morgan fingerprint density at radius 1 is 1.12 bits per heavy atom.